The zero-order valence-electron chi connectivity index (χ0n) is 18.1. The Morgan fingerprint density at radius 3 is 2.47 bits per heavy atom. The second kappa shape index (κ2) is 9.13. The summed E-state index contributed by atoms with van der Waals surface area (Å²) in [5.41, 5.74) is 5.16. The molecule has 0 radical (unpaired) electrons. The van der Waals surface area contributed by atoms with Crippen LogP contribution in [-0.4, -0.2) is 32.3 Å². The van der Waals surface area contributed by atoms with Gasteiger partial charge in [-0.05, 0) is 44.0 Å². The second-order valence-corrected chi connectivity index (χ2v) is 8.48. The maximum Gasteiger partial charge on any atom is 0.336 e. The number of benzene rings is 2. The molecule has 0 spiro atoms. The van der Waals surface area contributed by atoms with Gasteiger partial charge in [0.15, 0.2) is 6.04 Å². The van der Waals surface area contributed by atoms with Crippen LogP contribution in [0.15, 0.2) is 57.7 Å². The zero-order chi connectivity index (χ0) is 21.1. The third kappa shape index (κ3) is 4.48. The fraction of sp³-hybridized carbons (Fsp3) is 0.400. The van der Waals surface area contributed by atoms with Crippen LogP contribution in [0, 0.1) is 13.8 Å². The van der Waals surface area contributed by atoms with Gasteiger partial charge >= 0.3 is 5.63 Å². The SMILES string of the molecule is Cc1cc2oc(=O)cc(C[NH2+][C@@H](C)[C@H](c3ccccc3)[NH+]3CCOCC3)c2cc1C. The van der Waals surface area contributed by atoms with Crippen LogP contribution < -0.4 is 15.8 Å². The second-order valence-electron chi connectivity index (χ2n) is 8.48. The zero-order valence-corrected chi connectivity index (χ0v) is 18.1. The average Bonchev–Trinajstić information content (AvgIpc) is 2.75. The molecule has 1 fully saturated rings. The van der Waals surface area contributed by atoms with E-state index in [9.17, 15) is 4.79 Å². The first-order chi connectivity index (χ1) is 14.5. The van der Waals surface area contributed by atoms with E-state index in [2.05, 4.69) is 55.6 Å². The number of hydrogen-bond donors (Lipinski definition) is 2. The molecule has 1 saturated heterocycles. The standard InChI is InChI=1S/C25H30N2O3/c1-17-13-22-21(15-24(28)30-23(22)14-18(17)2)16-26-19(3)25(20-7-5-4-6-8-20)27-9-11-29-12-10-27/h4-8,13-15,19,25-26H,9-12,16H2,1-3H3/p+2/t19-,25+/m0/s1. The van der Waals surface area contributed by atoms with E-state index in [0.717, 1.165) is 49.4 Å². The summed E-state index contributed by atoms with van der Waals surface area (Å²) in [6.07, 6.45) is 0. The van der Waals surface area contributed by atoms with Crippen LogP contribution in [0.25, 0.3) is 11.0 Å². The third-order valence-electron chi connectivity index (χ3n) is 6.41. The van der Waals surface area contributed by atoms with Gasteiger partial charge < -0.3 is 19.4 Å². The van der Waals surface area contributed by atoms with E-state index in [-0.39, 0.29) is 5.63 Å². The highest BCUT2D eigenvalue weighted by Crippen LogP contribution is 2.21. The maximum atomic E-state index is 12.1. The fourth-order valence-corrected chi connectivity index (χ4v) is 4.62. The van der Waals surface area contributed by atoms with Gasteiger partial charge in [-0.25, -0.2) is 4.79 Å². The first kappa shape index (κ1) is 20.8. The number of ether oxygens (including phenoxy) is 1. The minimum absolute atomic E-state index is 0.278. The lowest BCUT2D eigenvalue weighted by Gasteiger charge is -2.34. The lowest BCUT2D eigenvalue weighted by Crippen LogP contribution is -3.17. The highest BCUT2D eigenvalue weighted by molar-refractivity contribution is 5.81. The van der Waals surface area contributed by atoms with Crippen molar-refractivity contribution in [2.45, 2.75) is 39.4 Å². The Labute approximate surface area is 177 Å². The van der Waals surface area contributed by atoms with Gasteiger partial charge in [-0.15, -0.1) is 0 Å². The van der Waals surface area contributed by atoms with Gasteiger partial charge in [0.2, 0.25) is 0 Å². The van der Waals surface area contributed by atoms with Crippen LogP contribution in [0.3, 0.4) is 0 Å². The molecule has 0 amide bonds. The van der Waals surface area contributed by atoms with E-state index in [1.165, 1.54) is 11.1 Å². The summed E-state index contributed by atoms with van der Waals surface area (Å²) in [5.74, 6) is 0. The molecular weight excluding hydrogens is 376 g/mol. The van der Waals surface area contributed by atoms with Gasteiger partial charge in [0.05, 0.1) is 13.2 Å². The number of morpholine rings is 1. The highest BCUT2D eigenvalue weighted by Gasteiger charge is 2.33. The van der Waals surface area contributed by atoms with Crippen molar-refractivity contribution in [2.75, 3.05) is 26.3 Å². The average molecular weight is 409 g/mol. The number of fused-ring (bicyclic) bond motifs is 1. The number of aryl methyl sites for hydroxylation is 2. The topological polar surface area (TPSA) is 60.5 Å². The van der Waals surface area contributed by atoms with Crippen LogP contribution in [0.5, 0.6) is 0 Å². The molecule has 2 heterocycles. The number of rotatable bonds is 6. The molecule has 0 aliphatic carbocycles. The summed E-state index contributed by atoms with van der Waals surface area (Å²) in [7, 11) is 0. The van der Waals surface area contributed by atoms with Crippen molar-refractivity contribution in [3.05, 3.63) is 81.2 Å². The molecular formula is C25H32N2O3+2. The molecule has 3 aromatic rings. The van der Waals surface area contributed by atoms with Gasteiger partial charge in [0, 0.05) is 22.6 Å². The van der Waals surface area contributed by atoms with Crippen LogP contribution in [0.2, 0.25) is 0 Å². The molecule has 1 aromatic heterocycles. The Hall–Kier alpha value is -2.47. The van der Waals surface area contributed by atoms with Gasteiger partial charge in [-0.2, -0.15) is 0 Å². The molecule has 2 aromatic carbocycles. The van der Waals surface area contributed by atoms with E-state index < -0.39 is 0 Å². The predicted molar refractivity (Wildman–Crippen MR) is 118 cm³/mol. The first-order valence-corrected chi connectivity index (χ1v) is 10.9. The summed E-state index contributed by atoms with van der Waals surface area (Å²) < 4.78 is 11.1. The van der Waals surface area contributed by atoms with E-state index in [4.69, 9.17) is 9.15 Å². The lowest BCUT2D eigenvalue weighted by atomic mass is 9.97. The van der Waals surface area contributed by atoms with Crippen molar-refractivity contribution in [1.29, 1.82) is 0 Å². The lowest BCUT2D eigenvalue weighted by molar-refractivity contribution is -0.959. The number of quaternary nitrogens is 2. The van der Waals surface area contributed by atoms with Crippen LogP contribution in [-0.2, 0) is 11.3 Å². The Morgan fingerprint density at radius 1 is 1.03 bits per heavy atom. The summed E-state index contributed by atoms with van der Waals surface area (Å²) >= 11 is 0. The van der Waals surface area contributed by atoms with Gasteiger partial charge in [0.25, 0.3) is 0 Å². The molecule has 2 atom stereocenters. The predicted octanol–water partition coefficient (Wildman–Crippen LogP) is 1.52. The van der Waals surface area contributed by atoms with E-state index in [1.807, 2.05) is 13.0 Å². The quantitative estimate of drug-likeness (QED) is 0.608. The molecule has 1 aliphatic rings. The van der Waals surface area contributed by atoms with Crippen LogP contribution in [0.1, 0.15) is 35.2 Å². The number of nitrogens with one attached hydrogen (secondary N) is 1. The molecule has 3 N–H and O–H groups in total. The van der Waals surface area contributed by atoms with Crippen molar-refractivity contribution in [3.8, 4) is 0 Å². The minimum Gasteiger partial charge on any atom is -0.423 e. The monoisotopic (exact) mass is 408 g/mol. The molecule has 5 nitrogen and oxygen atoms in total. The van der Waals surface area contributed by atoms with Crippen LogP contribution >= 0.6 is 0 Å². The van der Waals surface area contributed by atoms with Gasteiger partial charge in [-0.1, -0.05) is 30.3 Å². The van der Waals surface area contributed by atoms with Crippen molar-refractivity contribution in [2.24, 2.45) is 0 Å². The Morgan fingerprint density at radius 2 is 1.73 bits per heavy atom. The van der Waals surface area contributed by atoms with Gasteiger partial charge in [0.1, 0.15) is 31.3 Å². The number of hydrogen-bond acceptors (Lipinski definition) is 3. The highest BCUT2D eigenvalue weighted by atomic mass is 16.5. The molecule has 0 bridgehead atoms. The fourth-order valence-electron chi connectivity index (χ4n) is 4.62. The summed E-state index contributed by atoms with van der Waals surface area (Å²) in [6.45, 7) is 10.9. The molecule has 158 valence electrons. The Balaban J connectivity index is 1.60. The van der Waals surface area contributed by atoms with Gasteiger partial charge in [-0.3, -0.25) is 0 Å². The molecule has 30 heavy (non-hydrogen) atoms. The first-order valence-electron chi connectivity index (χ1n) is 10.9. The smallest absolute Gasteiger partial charge is 0.336 e. The Bertz CT molecular complexity index is 1060. The Kier molecular flexibility index (Phi) is 6.32. The molecule has 4 rings (SSSR count). The third-order valence-corrected chi connectivity index (χ3v) is 6.41. The summed E-state index contributed by atoms with van der Waals surface area (Å²) in [6, 6.07) is 17.3. The summed E-state index contributed by atoms with van der Waals surface area (Å²) in [4.78, 5) is 13.7. The van der Waals surface area contributed by atoms with Crippen molar-refractivity contribution in [3.63, 3.8) is 0 Å². The van der Waals surface area contributed by atoms with E-state index >= 15 is 0 Å². The van der Waals surface area contributed by atoms with Crippen LogP contribution in [0.4, 0.5) is 0 Å². The van der Waals surface area contributed by atoms with Crippen molar-refractivity contribution < 1.29 is 19.4 Å². The largest absolute Gasteiger partial charge is 0.423 e. The molecule has 1 aliphatic heterocycles. The van der Waals surface area contributed by atoms with Crippen molar-refractivity contribution in [1.82, 2.24) is 0 Å². The summed E-state index contributed by atoms with van der Waals surface area (Å²) in [5, 5.41) is 3.40. The molecule has 0 unspecified atom stereocenters. The van der Waals surface area contributed by atoms with E-state index in [1.54, 1.807) is 11.0 Å². The van der Waals surface area contributed by atoms with E-state index in [0.29, 0.717) is 17.7 Å². The molecule has 5 heteroatoms. The number of nitrogens with two attached hydrogens (primary N) is 1. The maximum absolute atomic E-state index is 12.1. The normalized spacial score (nSPS) is 17.2. The van der Waals surface area contributed by atoms with Crippen molar-refractivity contribution >= 4 is 11.0 Å². The minimum atomic E-state index is -0.278. The molecule has 0 saturated carbocycles.